The van der Waals surface area contributed by atoms with E-state index in [9.17, 15) is 31.9 Å². The number of aliphatic carboxylic acids is 1. The van der Waals surface area contributed by atoms with Gasteiger partial charge in [-0.2, -0.15) is 13.2 Å². The van der Waals surface area contributed by atoms with E-state index in [-0.39, 0.29) is 66.7 Å². The average Bonchev–Trinajstić information content (AvgIpc) is 3.31. The maximum Gasteiger partial charge on any atom is 1.00 e. The summed E-state index contributed by atoms with van der Waals surface area (Å²) in [4.78, 5) is 28.4. The summed E-state index contributed by atoms with van der Waals surface area (Å²) in [6.07, 6.45) is -3.29. The molecule has 1 N–H and O–H groups in total. The Hall–Kier alpha value is -2.55. The first-order valence-electron chi connectivity index (χ1n) is 13.2. The van der Waals surface area contributed by atoms with E-state index in [2.05, 4.69) is 32.1 Å². The number of benzene rings is 1. The molecule has 0 amide bonds. The van der Waals surface area contributed by atoms with Gasteiger partial charge in [-0.1, -0.05) is 18.3 Å². The molecule has 8 nitrogen and oxygen atoms in total. The molecule has 0 radical (unpaired) electrons. The van der Waals surface area contributed by atoms with Crippen LogP contribution in [0.1, 0.15) is 44.0 Å². The average molecular weight is 619 g/mol. The van der Waals surface area contributed by atoms with Gasteiger partial charge in [-0.3, -0.25) is 0 Å². The van der Waals surface area contributed by atoms with Gasteiger partial charge in [0.25, 0.3) is 0 Å². The SMILES string of the molecule is Cc1nc(Nc2nc(-c3cc(F)cc(C(F)(F)F)c3)c(N3CCC[C@H](C)C3)s2)cc(N2CCC(F)(C(=O)[O-])CC2)n1.[Na+]. The van der Waals surface area contributed by atoms with Crippen molar-refractivity contribution in [3.05, 3.63) is 41.5 Å². The summed E-state index contributed by atoms with van der Waals surface area (Å²) in [5, 5.41) is 15.2. The number of hydrogen-bond donors (Lipinski definition) is 1. The van der Waals surface area contributed by atoms with E-state index in [4.69, 9.17) is 0 Å². The minimum absolute atomic E-state index is 0. The number of carboxylic acid groups (broad SMARTS) is 1. The first kappa shape index (κ1) is 32.4. The summed E-state index contributed by atoms with van der Waals surface area (Å²) in [6, 6.07) is 4.03. The molecule has 1 atom stereocenters. The van der Waals surface area contributed by atoms with Gasteiger partial charge >= 0.3 is 35.7 Å². The van der Waals surface area contributed by atoms with Crippen LogP contribution in [0, 0.1) is 18.7 Å². The fourth-order valence-corrected chi connectivity index (χ4v) is 6.24. The Bertz CT molecular complexity index is 1450. The predicted octanol–water partition coefficient (Wildman–Crippen LogP) is 2.11. The Morgan fingerprint density at radius 3 is 2.45 bits per heavy atom. The number of carbonyl (C=O) groups excluding carboxylic acids is 1. The van der Waals surface area contributed by atoms with Crippen LogP contribution in [0.3, 0.4) is 0 Å². The van der Waals surface area contributed by atoms with Crippen LogP contribution in [-0.4, -0.2) is 52.8 Å². The summed E-state index contributed by atoms with van der Waals surface area (Å²) in [5.74, 6) is -1.17. The normalized spacial score (nSPS) is 18.9. The van der Waals surface area contributed by atoms with Gasteiger partial charge in [0.1, 0.15) is 34.0 Å². The zero-order chi connectivity index (χ0) is 29.5. The first-order valence-corrected chi connectivity index (χ1v) is 14.0. The molecular weight excluding hydrogens is 590 g/mol. The van der Waals surface area contributed by atoms with Crippen LogP contribution in [0.25, 0.3) is 11.3 Å². The van der Waals surface area contributed by atoms with Crippen LogP contribution in [0.15, 0.2) is 24.3 Å². The summed E-state index contributed by atoms with van der Waals surface area (Å²) in [5.41, 5.74) is -3.23. The number of nitrogens with zero attached hydrogens (tertiary/aromatic N) is 5. The number of alkyl halides is 4. The number of carbonyl (C=O) groups is 1. The van der Waals surface area contributed by atoms with E-state index in [1.807, 2.05) is 0 Å². The molecule has 1 aromatic carbocycles. The number of hydrogen-bond acceptors (Lipinski definition) is 9. The van der Waals surface area contributed by atoms with Gasteiger partial charge in [0.15, 0.2) is 10.8 Å². The van der Waals surface area contributed by atoms with Crippen LogP contribution >= 0.6 is 11.3 Å². The topological polar surface area (TPSA) is 97.3 Å². The number of anilines is 4. The predicted molar refractivity (Wildman–Crippen MR) is 143 cm³/mol. The summed E-state index contributed by atoms with van der Waals surface area (Å²) >= 11 is 1.23. The fourth-order valence-electron chi connectivity index (χ4n) is 5.21. The second kappa shape index (κ2) is 12.6. The Kier molecular flexibility index (Phi) is 9.70. The number of piperidine rings is 2. The molecule has 2 aliphatic rings. The molecule has 5 rings (SSSR count). The van der Waals surface area contributed by atoms with Gasteiger partial charge < -0.3 is 25.0 Å². The number of carboxylic acids is 1. The van der Waals surface area contributed by atoms with Gasteiger partial charge in [0, 0.05) is 50.7 Å². The molecule has 0 aliphatic carbocycles. The summed E-state index contributed by atoms with van der Waals surface area (Å²) in [7, 11) is 0. The van der Waals surface area contributed by atoms with Gasteiger partial charge in [0.05, 0.1) is 11.5 Å². The number of thiazole rings is 1. The molecule has 2 aromatic heterocycles. The molecular formula is C27H28F5N6NaO2S. The van der Waals surface area contributed by atoms with E-state index in [0.717, 1.165) is 25.0 Å². The Balaban J connectivity index is 0.00000405. The number of nitrogens with one attached hydrogen (secondary N) is 1. The molecule has 0 spiro atoms. The van der Waals surface area contributed by atoms with Crippen molar-refractivity contribution in [3.63, 3.8) is 0 Å². The summed E-state index contributed by atoms with van der Waals surface area (Å²) in [6.45, 7) is 5.36. The monoisotopic (exact) mass is 618 g/mol. The van der Waals surface area contributed by atoms with E-state index < -0.39 is 29.2 Å². The number of aromatic nitrogens is 3. The molecule has 2 saturated heterocycles. The smallest absolute Gasteiger partial charge is 0.547 e. The van der Waals surface area contributed by atoms with Crippen molar-refractivity contribution < 1.29 is 61.4 Å². The van der Waals surface area contributed by atoms with Crippen molar-refractivity contribution in [2.75, 3.05) is 41.3 Å². The molecule has 4 heterocycles. The van der Waals surface area contributed by atoms with Crippen LogP contribution in [0.4, 0.5) is 43.7 Å². The molecule has 15 heteroatoms. The second-order valence-electron chi connectivity index (χ2n) is 10.6. The maximum absolute atomic E-state index is 14.5. The largest absolute Gasteiger partial charge is 1.00 e. The third kappa shape index (κ3) is 7.14. The van der Waals surface area contributed by atoms with Crippen LogP contribution < -0.4 is 49.8 Å². The zero-order valence-corrected chi connectivity index (χ0v) is 26.2. The minimum Gasteiger partial charge on any atom is -0.547 e. The Morgan fingerprint density at radius 1 is 1.10 bits per heavy atom. The van der Waals surface area contributed by atoms with Crippen molar-refractivity contribution in [1.82, 2.24) is 15.0 Å². The number of rotatable bonds is 6. The number of halogens is 5. The van der Waals surface area contributed by atoms with E-state index in [1.165, 1.54) is 11.3 Å². The molecule has 0 unspecified atom stereocenters. The third-order valence-corrected chi connectivity index (χ3v) is 8.39. The van der Waals surface area contributed by atoms with Gasteiger partial charge in [0.2, 0.25) is 0 Å². The van der Waals surface area contributed by atoms with Crippen LogP contribution in [0.5, 0.6) is 0 Å². The van der Waals surface area contributed by atoms with Crippen molar-refractivity contribution in [2.45, 2.75) is 51.4 Å². The van der Waals surface area contributed by atoms with Crippen molar-refractivity contribution in [2.24, 2.45) is 5.92 Å². The van der Waals surface area contributed by atoms with E-state index >= 15 is 0 Å². The molecule has 3 aromatic rings. The van der Waals surface area contributed by atoms with Gasteiger partial charge in [-0.15, -0.1) is 0 Å². The molecule has 42 heavy (non-hydrogen) atoms. The minimum atomic E-state index is -4.72. The second-order valence-corrected chi connectivity index (χ2v) is 11.6. The summed E-state index contributed by atoms with van der Waals surface area (Å²) < 4.78 is 69.3. The van der Waals surface area contributed by atoms with Gasteiger partial charge in [-0.25, -0.2) is 23.7 Å². The standard InChI is InChI=1S/C27H29F5N6O2S.Na/c1-15-4-3-7-38(14-15)23-22(17-10-18(27(30,31)32)12-19(28)11-17)36-25(41-23)35-20-13-21(34-16(2)33-20)37-8-5-26(29,6-9-37)24(39)40;/h10-13,15H,3-9,14H2,1-2H3,(H,39,40)(H,33,34,35,36);/q;+1/p-1/t15-;/m0./s1. The Labute approximate surface area is 265 Å². The van der Waals surface area contributed by atoms with E-state index in [1.54, 1.807) is 17.9 Å². The van der Waals surface area contributed by atoms with Crippen LogP contribution in [0.2, 0.25) is 0 Å². The van der Waals surface area contributed by atoms with E-state index in [0.29, 0.717) is 52.7 Å². The maximum atomic E-state index is 14.5. The third-order valence-electron chi connectivity index (χ3n) is 7.36. The van der Waals surface area contributed by atoms with Crippen LogP contribution in [-0.2, 0) is 11.0 Å². The molecule has 220 valence electrons. The Morgan fingerprint density at radius 2 is 1.81 bits per heavy atom. The fraction of sp³-hybridized carbons (Fsp3) is 0.481. The first-order chi connectivity index (χ1) is 19.3. The van der Waals surface area contributed by atoms with Crippen molar-refractivity contribution in [1.29, 1.82) is 0 Å². The molecule has 2 aliphatic heterocycles. The molecule has 2 fully saturated rings. The van der Waals surface area contributed by atoms with Crippen molar-refractivity contribution >= 4 is 39.1 Å². The quantitative estimate of drug-likeness (QED) is 0.332. The molecule has 0 bridgehead atoms. The zero-order valence-electron chi connectivity index (χ0n) is 23.4. The molecule has 0 saturated carbocycles. The van der Waals surface area contributed by atoms with Crippen molar-refractivity contribution in [3.8, 4) is 11.3 Å². The number of aryl methyl sites for hydroxylation is 1. The van der Waals surface area contributed by atoms with Gasteiger partial charge in [-0.05, 0) is 43.9 Å².